The molecule has 6 nitrogen and oxygen atoms in total. The van der Waals surface area contributed by atoms with Crippen LogP contribution in [-0.4, -0.2) is 25.0 Å². The highest BCUT2D eigenvalue weighted by Crippen LogP contribution is 2.40. The van der Waals surface area contributed by atoms with Crippen LogP contribution in [0.4, 0.5) is 0 Å². The van der Waals surface area contributed by atoms with Crippen LogP contribution in [0.2, 0.25) is 0 Å². The Hall–Kier alpha value is -3.88. The first-order chi connectivity index (χ1) is 22.4. The molecule has 2 N–H and O–H groups in total. The summed E-state index contributed by atoms with van der Waals surface area (Å²) >= 11 is 0. The SMILES string of the molecule is CCC(C)COc1cccc(CNC(=O)c2ccccc2SSc2ccccc2C(=O)NCc2cccc(OCC(C)CC)c2)c1. The van der Waals surface area contributed by atoms with Crippen molar-refractivity contribution in [2.75, 3.05) is 13.2 Å². The number of carbonyl (C=O) groups is 2. The Morgan fingerprint density at radius 2 is 1.02 bits per heavy atom. The predicted octanol–water partition coefficient (Wildman–Crippen LogP) is 9.20. The summed E-state index contributed by atoms with van der Waals surface area (Å²) in [7, 11) is 2.92. The molecule has 0 heterocycles. The molecule has 46 heavy (non-hydrogen) atoms. The number of hydrogen-bond acceptors (Lipinski definition) is 6. The second kappa shape index (κ2) is 18.3. The summed E-state index contributed by atoms with van der Waals surface area (Å²) in [5.74, 6) is 2.27. The van der Waals surface area contributed by atoms with Gasteiger partial charge in [-0.3, -0.25) is 9.59 Å². The van der Waals surface area contributed by atoms with Gasteiger partial charge < -0.3 is 20.1 Å². The number of rotatable bonds is 17. The maximum Gasteiger partial charge on any atom is 0.252 e. The third-order valence-electron chi connectivity index (χ3n) is 7.65. The van der Waals surface area contributed by atoms with Crippen LogP contribution in [0.15, 0.2) is 107 Å². The lowest BCUT2D eigenvalue weighted by Gasteiger charge is -2.13. The fourth-order valence-electron chi connectivity index (χ4n) is 4.30. The van der Waals surface area contributed by atoms with Crippen LogP contribution in [0.1, 0.15) is 72.4 Å². The van der Waals surface area contributed by atoms with Crippen molar-refractivity contribution in [1.82, 2.24) is 10.6 Å². The molecule has 0 aliphatic carbocycles. The minimum Gasteiger partial charge on any atom is -0.493 e. The molecule has 2 amide bonds. The molecule has 4 aromatic carbocycles. The lowest BCUT2D eigenvalue weighted by atomic mass is 10.1. The van der Waals surface area contributed by atoms with Crippen LogP contribution < -0.4 is 20.1 Å². The first-order valence-electron chi connectivity index (χ1n) is 15.9. The van der Waals surface area contributed by atoms with Crippen molar-refractivity contribution in [3.05, 3.63) is 119 Å². The van der Waals surface area contributed by atoms with Gasteiger partial charge in [0.2, 0.25) is 0 Å². The Bertz CT molecular complexity index is 1460. The van der Waals surface area contributed by atoms with E-state index < -0.39 is 0 Å². The normalized spacial score (nSPS) is 12.2. The van der Waals surface area contributed by atoms with Crippen molar-refractivity contribution < 1.29 is 19.1 Å². The molecule has 0 aliphatic heterocycles. The van der Waals surface area contributed by atoms with Gasteiger partial charge in [0.05, 0.1) is 24.3 Å². The maximum atomic E-state index is 13.3. The summed E-state index contributed by atoms with van der Waals surface area (Å²) in [6.45, 7) is 10.7. The number of carbonyl (C=O) groups excluding carboxylic acids is 2. The molecular formula is C38H44N2O4S2. The first-order valence-corrected chi connectivity index (χ1v) is 18.0. The van der Waals surface area contributed by atoms with Crippen molar-refractivity contribution in [3.63, 3.8) is 0 Å². The number of ether oxygens (including phenoxy) is 2. The molecule has 8 heteroatoms. The van der Waals surface area contributed by atoms with Crippen LogP contribution >= 0.6 is 21.6 Å². The Labute approximate surface area is 281 Å². The second-order valence-corrected chi connectivity index (χ2v) is 13.7. The van der Waals surface area contributed by atoms with E-state index in [1.165, 1.54) is 21.6 Å². The van der Waals surface area contributed by atoms with E-state index in [1.54, 1.807) is 0 Å². The Kier molecular flexibility index (Phi) is 13.9. The quantitative estimate of drug-likeness (QED) is 0.110. The maximum absolute atomic E-state index is 13.3. The third-order valence-corrected chi connectivity index (χ3v) is 10.1. The van der Waals surface area contributed by atoms with Gasteiger partial charge in [-0.2, -0.15) is 0 Å². The fraction of sp³-hybridized carbons (Fsp3) is 0.316. The monoisotopic (exact) mass is 656 g/mol. The molecule has 0 fully saturated rings. The number of amides is 2. The summed E-state index contributed by atoms with van der Waals surface area (Å²) in [6, 6.07) is 30.7. The summed E-state index contributed by atoms with van der Waals surface area (Å²) in [5, 5.41) is 6.10. The van der Waals surface area contributed by atoms with Crippen LogP contribution in [0, 0.1) is 11.8 Å². The summed E-state index contributed by atoms with van der Waals surface area (Å²) < 4.78 is 11.8. The zero-order valence-electron chi connectivity index (χ0n) is 27.1. The molecular weight excluding hydrogens is 613 g/mol. The molecule has 2 atom stereocenters. The van der Waals surface area contributed by atoms with E-state index >= 15 is 0 Å². The van der Waals surface area contributed by atoms with Gasteiger partial charge in [-0.15, -0.1) is 0 Å². The second-order valence-electron chi connectivity index (χ2n) is 11.5. The lowest BCUT2D eigenvalue weighted by molar-refractivity contribution is 0.0940. The minimum atomic E-state index is -0.156. The van der Waals surface area contributed by atoms with Crippen LogP contribution in [0.25, 0.3) is 0 Å². The van der Waals surface area contributed by atoms with Gasteiger partial charge in [-0.1, -0.05) is 111 Å². The van der Waals surface area contributed by atoms with Crippen LogP contribution in [0.3, 0.4) is 0 Å². The Balaban J connectivity index is 1.34. The average Bonchev–Trinajstić information content (AvgIpc) is 3.10. The van der Waals surface area contributed by atoms with Gasteiger partial charge in [0.1, 0.15) is 11.5 Å². The van der Waals surface area contributed by atoms with Crippen molar-refractivity contribution in [2.45, 2.75) is 63.4 Å². The number of nitrogens with one attached hydrogen (secondary N) is 2. The lowest BCUT2D eigenvalue weighted by Crippen LogP contribution is -2.23. The topological polar surface area (TPSA) is 76.7 Å². The van der Waals surface area contributed by atoms with Gasteiger partial charge in [0.15, 0.2) is 0 Å². The van der Waals surface area contributed by atoms with E-state index in [1.807, 2.05) is 97.1 Å². The van der Waals surface area contributed by atoms with E-state index in [4.69, 9.17) is 9.47 Å². The standard InChI is InChI=1S/C38H44N2O4S2/c1-5-27(3)25-43-31-15-11-13-29(21-31)23-39-37(41)33-17-7-9-19-35(33)45-46-36-20-10-8-18-34(36)38(42)40-24-30-14-12-16-32(22-30)44-26-28(4)6-2/h7-22,27-28H,5-6,23-26H2,1-4H3,(H,39,41)(H,40,42). The molecule has 0 aliphatic rings. The predicted molar refractivity (Wildman–Crippen MR) is 190 cm³/mol. The Morgan fingerprint density at radius 3 is 1.43 bits per heavy atom. The molecule has 4 rings (SSSR count). The van der Waals surface area contributed by atoms with Gasteiger partial charge in [0.25, 0.3) is 11.8 Å². The Morgan fingerprint density at radius 1 is 0.609 bits per heavy atom. The number of hydrogen-bond donors (Lipinski definition) is 2. The summed E-state index contributed by atoms with van der Waals surface area (Å²) in [6.07, 6.45) is 2.13. The van der Waals surface area contributed by atoms with E-state index in [0.717, 1.165) is 45.3 Å². The van der Waals surface area contributed by atoms with Crippen molar-refractivity contribution in [3.8, 4) is 11.5 Å². The highest BCUT2D eigenvalue weighted by atomic mass is 33.1. The highest BCUT2D eigenvalue weighted by molar-refractivity contribution is 8.76. The molecule has 0 saturated carbocycles. The molecule has 0 spiro atoms. The summed E-state index contributed by atoms with van der Waals surface area (Å²) in [5.41, 5.74) is 3.11. The molecule has 2 unspecified atom stereocenters. The van der Waals surface area contributed by atoms with Gasteiger partial charge >= 0.3 is 0 Å². The molecule has 0 saturated heterocycles. The van der Waals surface area contributed by atoms with Gasteiger partial charge in [-0.25, -0.2) is 0 Å². The van der Waals surface area contributed by atoms with Crippen molar-refractivity contribution in [1.29, 1.82) is 0 Å². The molecule has 0 bridgehead atoms. The van der Waals surface area contributed by atoms with E-state index in [-0.39, 0.29) is 11.8 Å². The zero-order chi connectivity index (χ0) is 32.7. The van der Waals surface area contributed by atoms with Gasteiger partial charge in [-0.05, 0) is 71.5 Å². The van der Waals surface area contributed by atoms with Crippen LogP contribution in [0.5, 0.6) is 11.5 Å². The van der Waals surface area contributed by atoms with E-state index in [9.17, 15) is 9.59 Å². The molecule has 0 aromatic heterocycles. The fourth-order valence-corrected chi connectivity index (χ4v) is 6.66. The zero-order valence-corrected chi connectivity index (χ0v) is 28.7. The number of benzene rings is 4. The minimum absolute atomic E-state index is 0.156. The largest absolute Gasteiger partial charge is 0.493 e. The summed E-state index contributed by atoms with van der Waals surface area (Å²) in [4.78, 5) is 28.2. The molecule has 4 aromatic rings. The average molecular weight is 657 g/mol. The van der Waals surface area contributed by atoms with Gasteiger partial charge in [0, 0.05) is 22.9 Å². The van der Waals surface area contributed by atoms with E-state index in [0.29, 0.717) is 49.3 Å². The highest BCUT2D eigenvalue weighted by Gasteiger charge is 2.16. The van der Waals surface area contributed by atoms with Crippen molar-refractivity contribution >= 4 is 33.4 Å². The smallest absolute Gasteiger partial charge is 0.252 e. The first kappa shape index (κ1) is 35.0. The third kappa shape index (κ3) is 10.9. The van der Waals surface area contributed by atoms with E-state index in [2.05, 4.69) is 38.3 Å². The van der Waals surface area contributed by atoms with Crippen LogP contribution in [-0.2, 0) is 13.1 Å². The van der Waals surface area contributed by atoms with Crippen molar-refractivity contribution in [2.24, 2.45) is 11.8 Å². The molecule has 0 radical (unpaired) electrons. The molecule has 242 valence electrons.